The van der Waals surface area contributed by atoms with Crippen LogP contribution < -0.4 is 9.62 Å². The summed E-state index contributed by atoms with van der Waals surface area (Å²) in [6.45, 7) is 4.57. The average molecular weight is 376 g/mol. The molecule has 2 rings (SSSR count). The molecule has 0 aliphatic carbocycles. The number of nitrogens with zero attached hydrogens (tertiary/aromatic N) is 2. The van der Waals surface area contributed by atoms with Gasteiger partial charge in [-0.2, -0.15) is 0 Å². The van der Waals surface area contributed by atoms with Crippen LogP contribution in [0.4, 0.5) is 11.5 Å². The minimum absolute atomic E-state index is 0.0473. The van der Waals surface area contributed by atoms with Crippen LogP contribution in [0.1, 0.15) is 33.1 Å². The third-order valence-corrected chi connectivity index (χ3v) is 7.19. The number of rotatable bonds is 8. The number of hydrogen-bond acceptors (Lipinski definition) is 6. The summed E-state index contributed by atoms with van der Waals surface area (Å²) in [5, 5.41) is 0. The minimum Gasteiger partial charge on any atom is -0.367 e. The fraction of sp³-hybridized carbons (Fsp3) is 0.667. The van der Waals surface area contributed by atoms with Crippen molar-refractivity contribution in [1.29, 1.82) is 0 Å². The van der Waals surface area contributed by atoms with Crippen LogP contribution in [0.25, 0.3) is 0 Å². The monoisotopic (exact) mass is 375 g/mol. The van der Waals surface area contributed by atoms with Gasteiger partial charge < -0.3 is 4.90 Å². The highest BCUT2D eigenvalue weighted by atomic mass is 32.2. The summed E-state index contributed by atoms with van der Waals surface area (Å²) in [4.78, 5) is 6.17. The Morgan fingerprint density at radius 2 is 2.08 bits per heavy atom. The van der Waals surface area contributed by atoms with Gasteiger partial charge in [0, 0.05) is 12.6 Å². The second kappa shape index (κ2) is 7.69. The third-order valence-electron chi connectivity index (χ3n) is 4.10. The highest BCUT2D eigenvalue weighted by Crippen LogP contribution is 2.24. The Hall–Kier alpha value is -1.35. The van der Waals surface area contributed by atoms with Crippen molar-refractivity contribution in [2.45, 2.75) is 39.2 Å². The van der Waals surface area contributed by atoms with E-state index in [2.05, 4.69) is 9.71 Å². The largest absolute Gasteiger partial charge is 0.367 e. The van der Waals surface area contributed by atoms with Crippen LogP contribution >= 0.6 is 0 Å². The van der Waals surface area contributed by atoms with E-state index in [1.165, 1.54) is 0 Å². The maximum Gasteiger partial charge on any atom is 0.233 e. The lowest BCUT2D eigenvalue weighted by Gasteiger charge is -2.28. The highest BCUT2D eigenvalue weighted by molar-refractivity contribution is 7.92. The number of hydrogen-bond donors (Lipinski definition) is 1. The van der Waals surface area contributed by atoms with Crippen LogP contribution in [-0.4, -0.2) is 51.7 Å². The number of pyridine rings is 1. The molecule has 1 saturated heterocycles. The van der Waals surface area contributed by atoms with E-state index >= 15 is 0 Å². The Morgan fingerprint density at radius 3 is 2.58 bits per heavy atom. The maximum atomic E-state index is 11.9. The molecule has 1 aromatic heterocycles. The molecule has 136 valence electrons. The second-order valence-corrected chi connectivity index (χ2v) is 10.1. The lowest BCUT2D eigenvalue weighted by Crippen LogP contribution is -2.36. The molecule has 0 spiro atoms. The molecular formula is C15H25N3O4S2. The SMILES string of the molecule is CCCCS(=O)(=O)Nc1ccc(N(CC)C2CCS(=O)(=O)C2)cn1. The maximum absolute atomic E-state index is 11.9. The molecule has 0 amide bonds. The molecule has 1 aliphatic rings. The Morgan fingerprint density at radius 1 is 1.33 bits per heavy atom. The molecule has 0 bridgehead atoms. The zero-order chi connectivity index (χ0) is 17.8. The van der Waals surface area contributed by atoms with Gasteiger partial charge in [-0.15, -0.1) is 0 Å². The summed E-state index contributed by atoms with van der Waals surface area (Å²) in [5.41, 5.74) is 0.802. The summed E-state index contributed by atoms with van der Waals surface area (Å²) in [5.74, 6) is 0.738. The summed E-state index contributed by atoms with van der Waals surface area (Å²) >= 11 is 0. The molecule has 9 heteroatoms. The fourth-order valence-electron chi connectivity index (χ4n) is 2.83. The zero-order valence-electron chi connectivity index (χ0n) is 14.1. The summed E-state index contributed by atoms with van der Waals surface area (Å²) in [6.07, 6.45) is 3.61. The van der Waals surface area contributed by atoms with Crippen molar-refractivity contribution in [2.75, 3.05) is 33.4 Å². The van der Waals surface area contributed by atoms with E-state index in [9.17, 15) is 16.8 Å². The minimum atomic E-state index is -3.37. The number of nitrogens with one attached hydrogen (secondary N) is 1. The van der Waals surface area contributed by atoms with Gasteiger partial charge in [-0.1, -0.05) is 13.3 Å². The molecule has 1 atom stereocenters. The first-order valence-electron chi connectivity index (χ1n) is 8.20. The number of sulfonamides is 1. The van der Waals surface area contributed by atoms with Crippen molar-refractivity contribution < 1.29 is 16.8 Å². The van der Waals surface area contributed by atoms with Gasteiger partial charge in [0.2, 0.25) is 10.0 Å². The van der Waals surface area contributed by atoms with E-state index in [0.29, 0.717) is 19.4 Å². The molecule has 1 aliphatic heterocycles. The van der Waals surface area contributed by atoms with E-state index in [0.717, 1.165) is 12.1 Å². The van der Waals surface area contributed by atoms with Gasteiger partial charge in [-0.25, -0.2) is 21.8 Å². The van der Waals surface area contributed by atoms with Crippen LogP contribution in [0.3, 0.4) is 0 Å². The molecule has 7 nitrogen and oxygen atoms in total. The van der Waals surface area contributed by atoms with Gasteiger partial charge in [0.05, 0.1) is 29.1 Å². The Labute approximate surface area is 144 Å². The smallest absolute Gasteiger partial charge is 0.233 e. The molecule has 24 heavy (non-hydrogen) atoms. The molecule has 0 saturated carbocycles. The normalized spacial score (nSPS) is 20.0. The summed E-state index contributed by atoms with van der Waals surface area (Å²) < 4.78 is 49.6. The van der Waals surface area contributed by atoms with E-state index in [-0.39, 0.29) is 29.1 Å². The quantitative estimate of drug-likeness (QED) is 0.742. The Kier molecular flexibility index (Phi) is 6.08. The lowest BCUT2D eigenvalue weighted by molar-refractivity contribution is 0.596. The topological polar surface area (TPSA) is 96.4 Å². The number of unbranched alkanes of at least 4 members (excludes halogenated alkanes) is 1. The fourth-order valence-corrected chi connectivity index (χ4v) is 5.77. The predicted octanol–water partition coefficient (Wildman–Crippen LogP) is 1.64. The van der Waals surface area contributed by atoms with Crippen LogP contribution in [0.5, 0.6) is 0 Å². The highest BCUT2D eigenvalue weighted by Gasteiger charge is 2.31. The number of anilines is 2. The first-order chi connectivity index (χ1) is 11.3. The van der Waals surface area contributed by atoms with Crippen LogP contribution in [0.15, 0.2) is 18.3 Å². The molecule has 0 aromatic carbocycles. The van der Waals surface area contributed by atoms with Crippen molar-refractivity contribution in [3.63, 3.8) is 0 Å². The van der Waals surface area contributed by atoms with Crippen molar-refractivity contribution in [1.82, 2.24) is 4.98 Å². The van der Waals surface area contributed by atoms with E-state index in [4.69, 9.17) is 0 Å². The standard InChI is InChI=1S/C15H25N3O4S2/c1-3-5-9-24(21,22)17-15-7-6-13(11-16-15)18(4-2)14-8-10-23(19,20)12-14/h6-7,11,14H,3-5,8-10,12H2,1-2H3,(H,16,17). The second-order valence-electron chi connectivity index (χ2n) is 6.02. The molecule has 0 radical (unpaired) electrons. The van der Waals surface area contributed by atoms with Gasteiger partial charge in [0.15, 0.2) is 9.84 Å². The Bertz CT molecular complexity index is 745. The zero-order valence-corrected chi connectivity index (χ0v) is 15.7. The lowest BCUT2D eigenvalue weighted by atomic mass is 10.2. The van der Waals surface area contributed by atoms with Crippen molar-refractivity contribution >= 4 is 31.4 Å². The molecule has 1 unspecified atom stereocenters. The van der Waals surface area contributed by atoms with Crippen LogP contribution in [0.2, 0.25) is 0 Å². The molecule has 1 fully saturated rings. The average Bonchev–Trinajstić information content (AvgIpc) is 2.87. The van der Waals surface area contributed by atoms with Gasteiger partial charge in [-0.05, 0) is 31.9 Å². The van der Waals surface area contributed by atoms with Crippen LogP contribution in [0, 0.1) is 0 Å². The number of sulfone groups is 1. The van der Waals surface area contributed by atoms with E-state index in [1.807, 2.05) is 18.7 Å². The first kappa shape index (κ1) is 19.0. The van der Waals surface area contributed by atoms with Gasteiger partial charge in [0.1, 0.15) is 5.82 Å². The van der Waals surface area contributed by atoms with Crippen molar-refractivity contribution in [3.8, 4) is 0 Å². The van der Waals surface area contributed by atoms with Crippen molar-refractivity contribution in [2.24, 2.45) is 0 Å². The van der Waals surface area contributed by atoms with E-state index < -0.39 is 19.9 Å². The summed E-state index contributed by atoms with van der Waals surface area (Å²) in [7, 11) is -6.33. The Balaban J connectivity index is 2.08. The molecular weight excluding hydrogens is 350 g/mol. The predicted molar refractivity (Wildman–Crippen MR) is 96.6 cm³/mol. The number of aromatic nitrogens is 1. The van der Waals surface area contributed by atoms with Crippen molar-refractivity contribution in [3.05, 3.63) is 18.3 Å². The summed E-state index contributed by atoms with van der Waals surface area (Å²) in [6, 6.07) is 3.35. The van der Waals surface area contributed by atoms with Crippen LogP contribution in [-0.2, 0) is 19.9 Å². The van der Waals surface area contributed by atoms with Gasteiger partial charge in [0.25, 0.3) is 0 Å². The first-order valence-corrected chi connectivity index (χ1v) is 11.7. The van der Waals surface area contributed by atoms with E-state index in [1.54, 1.807) is 18.3 Å². The third kappa shape index (κ3) is 5.07. The van der Waals surface area contributed by atoms with Gasteiger partial charge >= 0.3 is 0 Å². The molecule has 1 aromatic rings. The molecule has 1 N–H and O–H groups in total. The van der Waals surface area contributed by atoms with Gasteiger partial charge in [-0.3, -0.25) is 4.72 Å². The molecule has 2 heterocycles.